The summed E-state index contributed by atoms with van der Waals surface area (Å²) >= 11 is 0. The van der Waals surface area contributed by atoms with Crippen molar-refractivity contribution in [3.8, 4) is 0 Å². The van der Waals surface area contributed by atoms with Crippen molar-refractivity contribution >= 4 is 65.9 Å². The summed E-state index contributed by atoms with van der Waals surface area (Å²) in [6, 6.07) is 0. The summed E-state index contributed by atoms with van der Waals surface area (Å²) in [7, 11) is -15.5. The zero-order valence-corrected chi connectivity index (χ0v) is 21.5. The molecule has 0 aliphatic carbocycles. The Bertz CT molecular complexity index is 346. The minimum absolute atomic E-state index is 0. The Morgan fingerprint density at radius 2 is 0.265 bits per heavy atom. The second-order valence-corrected chi connectivity index (χ2v) is 3.67. The summed E-state index contributed by atoms with van der Waals surface area (Å²) in [6.07, 6.45) is 0. The Morgan fingerprint density at radius 1 is 0.265 bits per heavy atom. The molecule has 0 aromatic heterocycles. The summed E-state index contributed by atoms with van der Waals surface area (Å²) in [5.41, 5.74) is 0. The topological polar surface area (TPSA) is 794 Å². The summed E-state index contributed by atoms with van der Waals surface area (Å²) in [6.45, 7) is 0. The van der Waals surface area contributed by atoms with Crippen molar-refractivity contribution in [1.82, 2.24) is 0 Å². The van der Waals surface area contributed by atoms with Crippen molar-refractivity contribution in [2.75, 3.05) is 0 Å². The third kappa shape index (κ3) is 1200000000. The molecule has 46 N–H and O–H groups in total. The van der Waals surface area contributed by atoms with Crippen LogP contribution >= 0.6 is 0 Å². The van der Waals surface area contributed by atoms with E-state index < -0.39 is 31.2 Å². The largest absolute Gasteiger partial charge is 3.00 e. The molecule has 0 saturated heterocycles. The van der Waals surface area contributed by atoms with Crippen LogP contribution in [0.3, 0.4) is 0 Å². The number of hydrogen-bond donors (Lipinski definition) is 0. The van der Waals surface area contributed by atoms with Gasteiger partial charge in [0.05, 0.1) is 0 Å². The molecule has 0 amide bonds. The second-order valence-electron chi connectivity index (χ2n) is 1.22. The molecule has 0 radical (unpaired) electrons. The monoisotopic (exact) mass is 660 g/mol. The van der Waals surface area contributed by atoms with Crippen LogP contribution in [-0.4, -0.2) is 115 Å². The van der Waals surface area contributed by atoms with Crippen LogP contribution in [0.5, 0.6) is 0 Å². The first kappa shape index (κ1) is 257. The van der Waals surface area contributed by atoms with Gasteiger partial charge in [-0.25, -0.2) is 0 Å². The predicted molar refractivity (Wildman–Crippen MR) is 119 cm³/mol. The van der Waals surface area contributed by atoms with E-state index in [1.54, 1.807) is 0 Å². The van der Waals surface area contributed by atoms with Crippen molar-refractivity contribution < 1.29 is 146 Å². The minimum atomic E-state index is -5.17. The molecule has 0 aromatic carbocycles. The molecule has 0 bridgehead atoms. The van der Waals surface area contributed by atoms with Gasteiger partial charge in [-0.1, -0.05) is 0 Å². The van der Waals surface area contributed by atoms with Gasteiger partial charge in [0.15, 0.2) is 0 Å². The Kier molecular flexibility index (Phi) is 789. The van der Waals surface area contributed by atoms with Gasteiger partial charge < -0.3 is 120 Å². The first-order valence-electron chi connectivity index (χ1n) is 2.00. The smallest absolute Gasteiger partial charge is 0.759 e. The molecular formula is H46Al2O29S3+12. The summed E-state index contributed by atoms with van der Waals surface area (Å²) in [5, 5.41) is 0. The third-order valence-electron chi connectivity index (χ3n) is 0. The Hall–Kier alpha value is -0.00506. The van der Waals surface area contributed by atoms with E-state index >= 15 is 0 Å². The molecule has 0 heterocycles. The van der Waals surface area contributed by atoms with Crippen LogP contribution in [0, 0.1) is 0 Å². The fourth-order valence-corrected chi connectivity index (χ4v) is 0. The van der Waals surface area contributed by atoms with E-state index in [0.29, 0.717) is 0 Å². The Morgan fingerprint density at radius 3 is 0.265 bits per heavy atom. The Labute approximate surface area is 211 Å². The van der Waals surface area contributed by atoms with Crippen LogP contribution in [-0.2, 0) is 96.9 Å². The van der Waals surface area contributed by atoms with E-state index in [4.69, 9.17) is 52.6 Å². The summed E-state index contributed by atoms with van der Waals surface area (Å²) < 4.78 is 102. The summed E-state index contributed by atoms with van der Waals surface area (Å²) in [4.78, 5) is 0. The van der Waals surface area contributed by atoms with Crippen molar-refractivity contribution in [2.24, 2.45) is 0 Å². The normalized spacial score (nSPS) is 5.12. The fourth-order valence-electron chi connectivity index (χ4n) is 0. The zero-order valence-electron chi connectivity index (χ0n) is 16.7. The van der Waals surface area contributed by atoms with Gasteiger partial charge in [0.1, 0.15) is 0 Å². The standard InChI is InChI=1S/2Al.3H2O4S.17H2O/c;;3*1-5(2,3)4;;;;;;;;;;;;;;;;;/h;;3*(H2,1,2,3,4);17*1H2/q2*+3;;;;;;;;;;;;;;;;;;;;/p+6. The van der Waals surface area contributed by atoms with Gasteiger partial charge in [-0.05, 0) is 0 Å². The molecular weight excluding hydrogens is 614 g/mol. The first-order chi connectivity index (χ1) is 6.00. The predicted octanol–water partition coefficient (Wildman–Crippen LogP) is -20.0. The molecule has 34 heteroatoms. The first-order valence-corrected chi connectivity index (χ1v) is 6.00. The van der Waals surface area contributed by atoms with Crippen molar-refractivity contribution in [1.29, 1.82) is 0 Å². The van der Waals surface area contributed by atoms with Gasteiger partial charge in [0.25, 0.3) is 0 Å². The van der Waals surface area contributed by atoms with Crippen LogP contribution in [0.1, 0.15) is 0 Å². The van der Waals surface area contributed by atoms with E-state index in [9.17, 15) is 0 Å². The quantitative estimate of drug-likeness (QED) is 0.101. The molecule has 232 valence electrons. The molecule has 0 aliphatic rings. The molecule has 0 fully saturated rings. The maximum absolute atomic E-state index is 8.52. The maximum Gasteiger partial charge on any atom is 3.00 e. The van der Waals surface area contributed by atoms with E-state index in [-0.39, 0.29) is 128 Å². The van der Waals surface area contributed by atoms with Gasteiger partial charge in [0, 0.05) is 31.2 Å². The van der Waals surface area contributed by atoms with E-state index in [1.165, 1.54) is 0 Å². The summed E-state index contributed by atoms with van der Waals surface area (Å²) in [5.74, 6) is 0. The van der Waals surface area contributed by atoms with Gasteiger partial charge in [-0.3, -0.25) is 25.3 Å². The van der Waals surface area contributed by atoms with E-state index in [2.05, 4.69) is 0 Å². The maximum atomic E-state index is 8.52. The van der Waals surface area contributed by atoms with E-state index in [0.717, 1.165) is 0 Å². The van der Waals surface area contributed by atoms with Crippen molar-refractivity contribution in [3.05, 3.63) is 0 Å². The van der Waals surface area contributed by atoms with Gasteiger partial charge >= 0.3 is 34.7 Å². The van der Waals surface area contributed by atoms with Crippen LogP contribution in [0.2, 0.25) is 0 Å². The second kappa shape index (κ2) is 104. The molecule has 0 aromatic rings. The Balaban J connectivity index is -0.00000000248. The molecule has 0 spiro atoms. The van der Waals surface area contributed by atoms with Crippen LogP contribution in [0.4, 0.5) is 0 Å². The van der Waals surface area contributed by atoms with Crippen LogP contribution < -0.4 is 0 Å². The van der Waals surface area contributed by atoms with Crippen LogP contribution in [0.15, 0.2) is 0 Å². The van der Waals surface area contributed by atoms with Gasteiger partial charge in [-0.2, -0.15) is 0 Å². The average Bonchev–Trinajstić information content (AvgIpc) is 1.41. The van der Waals surface area contributed by atoms with Gasteiger partial charge in [0.2, 0.25) is 0 Å². The molecule has 0 atom stereocenters. The average molecular weight is 661 g/mol. The van der Waals surface area contributed by atoms with Gasteiger partial charge in [-0.15, -0.1) is 0 Å². The molecule has 0 aliphatic heterocycles. The number of rotatable bonds is 0. The SMILES string of the molecule is O.O.O.O.O.O=S(=O)([O-])[O-].O=S(=O)([O-])[O-].O=S(=O)([O-])[O-].[Al+3].[Al+3].[OH3+].[OH3+].[OH3+].[OH3+].[OH3+].[OH3+].[OH3+].[OH3+].[OH3+].[OH3+].[OH3+].[OH3+]. The van der Waals surface area contributed by atoms with Crippen molar-refractivity contribution in [2.45, 2.75) is 0 Å². The molecule has 0 saturated carbocycles. The minimum Gasteiger partial charge on any atom is -0.759 e. The van der Waals surface area contributed by atoms with Crippen molar-refractivity contribution in [3.63, 3.8) is 0 Å². The zero-order chi connectivity index (χ0) is 13.5. The molecule has 29 nitrogen and oxygen atoms in total. The van der Waals surface area contributed by atoms with E-state index in [1.807, 2.05) is 0 Å². The fraction of sp³-hybridized carbons (Fsp3) is 0. The van der Waals surface area contributed by atoms with Crippen LogP contribution in [0.25, 0.3) is 0 Å². The molecule has 0 unspecified atom stereocenters. The third-order valence-corrected chi connectivity index (χ3v) is 0. The molecule has 34 heavy (non-hydrogen) atoms. The molecule has 0 rings (SSSR count). The number of hydrogen-bond acceptors (Lipinski definition) is 12.